The van der Waals surface area contributed by atoms with E-state index in [-0.39, 0.29) is 17.9 Å². The molecule has 0 aliphatic rings. The molecule has 1 aromatic carbocycles. The molecule has 7 heteroatoms. The molecule has 2 N–H and O–H groups in total. The van der Waals surface area contributed by atoms with Crippen LogP contribution in [0.15, 0.2) is 67.1 Å². The molecule has 27 heavy (non-hydrogen) atoms. The van der Waals surface area contributed by atoms with Gasteiger partial charge in [0.25, 0.3) is 0 Å². The first-order chi connectivity index (χ1) is 13.0. The molecule has 136 valence electrons. The largest absolute Gasteiger partial charge is 0.326 e. The first-order valence-corrected chi connectivity index (χ1v) is 9.87. The summed E-state index contributed by atoms with van der Waals surface area (Å²) >= 11 is 0. The van der Waals surface area contributed by atoms with Gasteiger partial charge in [-0.05, 0) is 23.3 Å². The van der Waals surface area contributed by atoms with Gasteiger partial charge in [0.1, 0.15) is 6.07 Å². The molecule has 2 heterocycles. The molecule has 0 atom stereocenters. The third-order valence-electron chi connectivity index (χ3n) is 4.03. The van der Waals surface area contributed by atoms with Crippen molar-refractivity contribution in [2.45, 2.75) is 6.54 Å². The summed E-state index contributed by atoms with van der Waals surface area (Å²) in [7, 11) is -3.71. The van der Waals surface area contributed by atoms with Crippen LogP contribution in [0.5, 0.6) is 0 Å². The average Bonchev–Trinajstić information content (AvgIpc) is 3.14. The lowest BCUT2D eigenvalue weighted by Gasteiger charge is -2.12. The Morgan fingerprint density at radius 3 is 2.74 bits per heavy atom. The van der Waals surface area contributed by atoms with Gasteiger partial charge in [-0.2, -0.15) is 5.26 Å². The van der Waals surface area contributed by atoms with E-state index < -0.39 is 10.0 Å². The van der Waals surface area contributed by atoms with Crippen molar-refractivity contribution in [3.63, 3.8) is 0 Å². The van der Waals surface area contributed by atoms with Crippen LogP contribution in [0.2, 0.25) is 0 Å². The first kappa shape index (κ1) is 18.6. The highest BCUT2D eigenvalue weighted by molar-refractivity contribution is 7.90. The molecular formula is C20H18N4O2S. The highest BCUT2D eigenvalue weighted by Gasteiger charge is 2.19. The van der Waals surface area contributed by atoms with Crippen molar-refractivity contribution in [3.8, 4) is 17.3 Å². The maximum Gasteiger partial charge on any atom is 0.242 e. The van der Waals surface area contributed by atoms with E-state index in [2.05, 4.69) is 4.98 Å². The second-order valence-electron chi connectivity index (χ2n) is 5.85. The van der Waals surface area contributed by atoms with E-state index >= 15 is 0 Å². The van der Waals surface area contributed by atoms with Gasteiger partial charge < -0.3 is 5.73 Å². The average molecular weight is 378 g/mol. The molecule has 0 spiro atoms. The third kappa shape index (κ3) is 4.14. The minimum Gasteiger partial charge on any atom is -0.326 e. The van der Waals surface area contributed by atoms with Gasteiger partial charge in [-0.3, -0.25) is 4.98 Å². The fourth-order valence-electron chi connectivity index (χ4n) is 2.74. The zero-order valence-corrected chi connectivity index (χ0v) is 15.3. The van der Waals surface area contributed by atoms with Crippen molar-refractivity contribution in [1.29, 1.82) is 5.26 Å². The predicted molar refractivity (Wildman–Crippen MR) is 105 cm³/mol. The molecule has 3 aromatic rings. The second kappa shape index (κ2) is 7.99. The van der Waals surface area contributed by atoms with Gasteiger partial charge in [0.2, 0.25) is 10.0 Å². The number of nitriles is 1. The summed E-state index contributed by atoms with van der Waals surface area (Å²) in [6.45, 7) is 0.268. The van der Waals surface area contributed by atoms with Crippen molar-refractivity contribution in [1.82, 2.24) is 8.96 Å². The van der Waals surface area contributed by atoms with E-state index in [1.807, 2.05) is 30.3 Å². The van der Waals surface area contributed by atoms with Gasteiger partial charge in [0, 0.05) is 30.7 Å². The minimum atomic E-state index is -3.71. The molecule has 0 fully saturated rings. The Bertz CT molecular complexity index is 1110. The first-order valence-electron chi connectivity index (χ1n) is 8.26. The summed E-state index contributed by atoms with van der Waals surface area (Å²) in [6.07, 6.45) is 7.91. The predicted octanol–water partition coefficient (Wildman–Crippen LogP) is 2.77. The molecule has 0 bridgehead atoms. The van der Waals surface area contributed by atoms with Gasteiger partial charge in [-0.25, -0.2) is 12.4 Å². The van der Waals surface area contributed by atoms with E-state index in [4.69, 9.17) is 5.73 Å². The molecule has 0 amide bonds. The maximum atomic E-state index is 12.9. The van der Waals surface area contributed by atoms with Crippen LogP contribution in [0.25, 0.3) is 17.3 Å². The summed E-state index contributed by atoms with van der Waals surface area (Å²) in [5.74, 6) is -0.209. The lowest BCUT2D eigenvalue weighted by Crippen LogP contribution is -2.16. The normalized spacial score (nSPS) is 11.6. The van der Waals surface area contributed by atoms with E-state index in [0.717, 1.165) is 15.1 Å². The SMILES string of the molecule is N#Cc1cc(-c2ccccc2CN)n(S(=O)(=O)CC=Cc2cccnc2)c1. The number of nitrogens with two attached hydrogens (primary N) is 1. The Morgan fingerprint density at radius 2 is 2.04 bits per heavy atom. The molecule has 0 saturated heterocycles. The van der Waals surface area contributed by atoms with Crippen molar-refractivity contribution in [3.05, 3.63) is 83.8 Å². The van der Waals surface area contributed by atoms with Gasteiger partial charge in [0.15, 0.2) is 0 Å². The highest BCUT2D eigenvalue weighted by atomic mass is 32.2. The monoisotopic (exact) mass is 378 g/mol. The fourth-order valence-corrected chi connectivity index (χ4v) is 3.97. The van der Waals surface area contributed by atoms with Crippen molar-refractivity contribution >= 4 is 16.1 Å². The Hall–Kier alpha value is -3.21. The zero-order chi connectivity index (χ0) is 19.3. The van der Waals surface area contributed by atoms with Crippen LogP contribution in [0.4, 0.5) is 0 Å². The lowest BCUT2D eigenvalue weighted by molar-refractivity contribution is 0.591. The molecule has 6 nitrogen and oxygen atoms in total. The summed E-state index contributed by atoms with van der Waals surface area (Å²) < 4.78 is 27.0. The van der Waals surface area contributed by atoms with Crippen LogP contribution in [0.1, 0.15) is 16.7 Å². The Morgan fingerprint density at radius 1 is 1.22 bits per heavy atom. The van der Waals surface area contributed by atoms with Crippen molar-refractivity contribution < 1.29 is 8.42 Å². The smallest absolute Gasteiger partial charge is 0.242 e. The minimum absolute atomic E-state index is 0.209. The fraction of sp³-hybridized carbons (Fsp3) is 0.100. The van der Waals surface area contributed by atoms with Gasteiger partial charge in [0.05, 0.1) is 17.0 Å². The Labute approximate surface area is 158 Å². The number of benzene rings is 1. The van der Waals surface area contributed by atoms with Crippen LogP contribution in [-0.4, -0.2) is 23.1 Å². The van der Waals surface area contributed by atoms with Crippen molar-refractivity contribution in [2.75, 3.05) is 5.75 Å². The maximum absolute atomic E-state index is 12.9. The lowest BCUT2D eigenvalue weighted by atomic mass is 10.0. The zero-order valence-electron chi connectivity index (χ0n) is 14.5. The summed E-state index contributed by atoms with van der Waals surface area (Å²) in [5.41, 5.74) is 8.81. The van der Waals surface area contributed by atoms with Crippen LogP contribution < -0.4 is 5.73 Å². The van der Waals surface area contributed by atoms with Crippen molar-refractivity contribution in [2.24, 2.45) is 5.73 Å². The summed E-state index contributed by atoms with van der Waals surface area (Å²) in [6, 6.07) is 14.5. The summed E-state index contributed by atoms with van der Waals surface area (Å²) in [5, 5.41) is 9.24. The molecular weight excluding hydrogens is 360 g/mol. The molecule has 0 radical (unpaired) electrons. The Balaban J connectivity index is 1.99. The van der Waals surface area contributed by atoms with Crippen LogP contribution in [-0.2, 0) is 16.6 Å². The van der Waals surface area contributed by atoms with Gasteiger partial charge in [-0.15, -0.1) is 0 Å². The highest BCUT2D eigenvalue weighted by Crippen LogP contribution is 2.27. The van der Waals surface area contributed by atoms with E-state index in [1.54, 1.807) is 42.7 Å². The number of nitrogens with zero attached hydrogens (tertiary/aromatic N) is 3. The Kier molecular flexibility index (Phi) is 5.50. The molecule has 0 aliphatic carbocycles. The van der Waals surface area contributed by atoms with E-state index in [0.29, 0.717) is 11.3 Å². The number of pyridine rings is 1. The molecule has 3 rings (SSSR count). The molecule has 0 aliphatic heterocycles. The number of rotatable bonds is 6. The van der Waals surface area contributed by atoms with Crippen LogP contribution in [0, 0.1) is 11.3 Å². The molecule has 0 saturated carbocycles. The van der Waals surface area contributed by atoms with E-state index in [9.17, 15) is 13.7 Å². The topological polar surface area (TPSA) is 102 Å². The van der Waals surface area contributed by atoms with Gasteiger partial charge >= 0.3 is 0 Å². The number of aromatic nitrogens is 2. The standard InChI is InChI=1S/C20H18N4O2S/c21-12-17-11-20(19-8-2-1-7-18(19)13-22)24(15-17)27(25,26)10-4-6-16-5-3-9-23-14-16/h1-9,11,14-15H,10,13,22H2. The van der Waals surface area contributed by atoms with Crippen LogP contribution in [0.3, 0.4) is 0 Å². The number of hydrogen-bond donors (Lipinski definition) is 1. The molecule has 2 aromatic heterocycles. The van der Waals surface area contributed by atoms with E-state index in [1.165, 1.54) is 6.20 Å². The quantitative estimate of drug-likeness (QED) is 0.710. The summed E-state index contributed by atoms with van der Waals surface area (Å²) in [4.78, 5) is 3.99. The second-order valence-corrected chi connectivity index (χ2v) is 7.74. The number of hydrogen-bond acceptors (Lipinski definition) is 5. The third-order valence-corrected chi connectivity index (χ3v) is 5.54. The van der Waals surface area contributed by atoms with Crippen LogP contribution >= 0.6 is 0 Å². The molecule has 0 unspecified atom stereocenters. The van der Waals surface area contributed by atoms with Gasteiger partial charge in [-0.1, -0.05) is 42.5 Å².